The lowest BCUT2D eigenvalue weighted by atomic mass is 10.2. The van der Waals surface area contributed by atoms with Gasteiger partial charge in [0.15, 0.2) is 0 Å². The predicted octanol–water partition coefficient (Wildman–Crippen LogP) is 2.06. The highest BCUT2D eigenvalue weighted by Crippen LogP contribution is 2.19. The highest BCUT2D eigenvalue weighted by atomic mass is 16.6. The van der Waals surface area contributed by atoms with Crippen LogP contribution in [0.1, 0.15) is 0 Å². The van der Waals surface area contributed by atoms with E-state index in [2.05, 4.69) is 0 Å². The number of hydrogen-bond acceptors (Lipinski definition) is 5. The number of non-ortho nitro benzene ring substituents is 1. The summed E-state index contributed by atoms with van der Waals surface area (Å²) >= 11 is 0. The lowest BCUT2D eigenvalue weighted by molar-refractivity contribution is -0.384. The number of aliphatic hydroxyl groups excluding tert-OH is 1. The summed E-state index contributed by atoms with van der Waals surface area (Å²) in [7, 11) is 1.62. The number of rotatable bonds is 7. The van der Waals surface area contributed by atoms with Gasteiger partial charge in [0.2, 0.25) is 5.91 Å². The first kappa shape index (κ1) is 17.4. The summed E-state index contributed by atoms with van der Waals surface area (Å²) in [5, 5.41) is 19.9. The van der Waals surface area contributed by atoms with E-state index in [0.29, 0.717) is 12.2 Å². The van der Waals surface area contributed by atoms with Crippen LogP contribution in [0.25, 0.3) is 0 Å². The van der Waals surface area contributed by atoms with Crippen LogP contribution in [0.15, 0.2) is 54.6 Å². The molecule has 0 saturated carbocycles. The molecule has 0 radical (unpaired) electrons. The van der Waals surface area contributed by atoms with Crippen LogP contribution in [-0.4, -0.2) is 42.7 Å². The topological polar surface area (TPSA) is 86.9 Å². The van der Waals surface area contributed by atoms with Crippen LogP contribution in [0.3, 0.4) is 0 Å². The van der Waals surface area contributed by atoms with E-state index < -0.39 is 4.92 Å². The van der Waals surface area contributed by atoms with Crippen molar-refractivity contribution in [3.8, 4) is 0 Å². The molecule has 0 unspecified atom stereocenters. The fourth-order valence-electron chi connectivity index (χ4n) is 2.27. The number of carbonyl (C=O) groups excluding carboxylic acids is 1. The van der Waals surface area contributed by atoms with Gasteiger partial charge in [0.25, 0.3) is 5.69 Å². The standard InChI is InChI=1S/C17H19N3O4/c1-18(14-7-9-16(10-8-14)20(23)24)17(22)13-19(11-12-21)15-5-3-2-4-6-15/h2-10,21H,11-13H2,1H3. The molecule has 2 aromatic carbocycles. The molecule has 24 heavy (non-hydrogen) atoms. The predicted molar refractivity (Wildman–Crippen MR) is 92.2 cm³/mol. The Morgan fingerprint density at radius 2 is 1.71 bits per heavy atom. The number of nitrogens with zero attached hydrogens (tertiary/aromatic N) is 3. The van der Waals surface area contributed by atoms with E-state index in [9.17, 15) is 20.0 Å². The number of nitro groups is 1. The normalized spacial score (nSPS) is 10.2. The fraction of sp³-hybridized carbons (Fsp3) is 0.235. The number of hydrogen-bond donors (Lipinski definition) is 1. The minimum atomic E-state index is -0.482. The monoisotopic (exact) mass is 329 g/mol. The zero-order valence-corrected chi connectivity index (χ0v) is 13.3. The summed E-state index contributed by atoms with van der Waals surface area (Å²) in [6.07, 6.45) is 0. The lowest BCUT2D eigenvalue weighted by Crippen LogP contribution is -2.39. The summed E-state index contributed by atoms with van der Waals surface area (Å²) in [5.41, 5.74) is 1.39. The summed E-state index contributed by atoms with van der Waals surface area (Å²) in [4.78, 5) is 25.9. The number of benzene rings is 2. The number of carbonyl (C=O) groups is 1. The molecule has 0 atom stereocenters. The molecular weight excluding hydrogens is 310 g/mol. The molecule has 0 aromatic heterocycles. The maximum Gasteiger partial charge on any atom is 0.269 e. The van der Waals surface area contributed by atoms with Gasteiger partial charge in [-0.15, -0.1) is 0 Å². The van der Waals surface area contributed by atoms with Crippen LogP contribution in [0.4, 0.5) is 17.1 Å². The number of anilines is 2. The van der Waals surface area contributed by atoms with E-state index in [1.54, 1.807) is 11.9 Å². The maximum atomic E-state index is 12.5. The van der Waals surface area contributed by atoms with Gasteiger partial charge in [-0.25, -0.2) is 0 Å². The van der Waals surface area contributed by atoms with Crippen molar-refractivity contribution in [2.45, 2.75) is 0 Å². The van der Waals surface area contributed by atoms with Gasteiger partial charge >= 0.3 is 0 Å². The molecule has 2 aromatic rings. The van der Waals surface area contributed by atoms with Crippen molar-refractivity contribution in [1.82, 2.24) is 0 Å². The van der Waals surface area contributed by atoms with Crippen molar-refractivity contribution in [1.29, 1.82) is 0 Å². The lowest BCUT2D eigenvalue weighted by Gasteiger charge is -2.26. The highest BCUT2D eigenvalue weighted by Gasteiger charge is 2.17. The first-order valence-electron chi connectivity index (χ1n) is 7.45. The van der Waals surface area contributed by atoms with E-state index in [0.717, 1.165) is 5.69 Å². The molecule has 0 spiro atoms. The molecule has 0 aliphatic rings. The molecule has 126 valence electrons. The Morgan fingerprint density at radius 1 is 1.08 bits per heavy atom. The third kappa shape index (κ3) is 4.30. The van der Waals surface area contributed by atoms with Gasteiger partial charge in [-0.3, -0.25) is 14.9 Å². The number of nitro benzene ring substituents is 1. The Kier molecular flexibility index (Phi) is 5.86. The fourth-order valence-corrected chi connectivity index (χ4v) is 2.27. The zero-order chi connectivity index (χ0) is 17.5. The molecule has 0 aliphatic heterocycles. The van der Waals surface area contributed by atoms with Crippen LogP contribution in [0, 0.1) is 10.1 Å². The van der Waals surface area contributed by atoms with Crippen LogP contribution in [-0.2, 0) is 4.79 Å². The largest absolute Gasteiger partial charge is 0.395 e. The summed E-state index contributed by atoms with van der Waals surface area (Å²) in [6.45, 7) is 0.366. The third-order valence-corrected chi connectivity index (χ3v) is 3.64. The van der Waals surface area contributed by atoms with E-state index >= 15 is 0 Å². The Morgan fingerprint density at radius 3 is 2.25 bits per heavy atom. The Bertz CT molecular complexity index is 689. The molecule has 2 rings (SSSR count). The van der Waals surface area contributed by atoms with Gasteiger partial charge in [0, 0.05) is 37.1 Å². The highest BCUT2D eigenvalue weighted by molar-refractivity contribution is 5.96. The molecule has 1 amide bonds. The second-order valence-electron chi connectivity index (χ2n) is 5.21. The first-order valence-corrected chi connectivity index (χ1v) is 7.45. The molecule has 0 bridgehead atoms. The molecule has 0 heterocycles. The van der Waals surface area contributed by atoms with E-state index in [1.165, 1.54) is 29.2 Å². The van der Waals surface area contributed by atoms with Crippen LogP contribution in [0.2, 0.25) is 0 Å². The second-order valence-corrected chi connectivity index (χ2v) is 5.21. The van der Waals surface area contributed by atoms with Gasteiger partial charge in [-0.2, -0.15) is 0 Å². The SMILES string of the molecule is CN(C(=O)CN(CCO)c1ccccc1)c1ccc([N+](=O)[O-])cc1. The van der Waals surface area contributed by atoms with Gasteiger partial charge in [0.05, 0.1) is 18.1 Å². The molecular formula is C17H19N3O4. The van der Waals surface area contributed by atoms with Crippen molar-refractivity contribution in [3.05, 3.63) is 64.7 Å². The van der Waals surface area contributed by atoms with Crippen LogP contribution < -0.4 is 9.80 Å². The second kappa shape index (κ2) is 8.07. The average molecular weight is 329 g/mol. The van der Waals surface area contributed by atoms with Gasteiger partial charge in [-0.05, 0) is 24.3 Å². The van der Waals surface area contributed by atoms with Crippen LogP contribution >= 0.6 is 0 Å². The summed E-state index contributed by atoms with van der Waals surface area (Å²) in [5.74, 6) is -0.179. The Balaban J connectivity index is 2.10. The van der Waals surface area contributed by atoms with Crippen molar-refractivity contribution >= 4 is 23.0 Å². The molecule has 0 aliphatic carbocycles. The number of amides is 1. The molecule has 0 fully saturated rings. The van der Waals surface area contributed by atoms with Crippen molar-refractivity contribution in [2.24, 2.45) is 0 Å². The minimum absolute atomic E-state index is 0.0224. The molecule has 0 saturated heterocycles. The van der Waals surface area contributed by atoms with E-state index in [1.807, 2.05) is 30.3 Å². The van der Waals surface area contributed by atoms with Gasteiger partial charge < -0.3 is 14.9 Å². The van der Waals surface area contributed by atoms with Crippen molar-refractivity contribution in [2.75, 3.05) is 36.5 Å². The number of aliphatic hydroxyl groups is 1. The Labute approximate surface area is 139 Å². The molecule has 7 heteroatoms. The first-order chi connectivity index (χ1) is 11.5. The number of likely N-dealkylation sites (N-methyl/N-ethyl adjacent to an activating group) is 1. The maximum absolute atomic E-state index is 12.5. The zero-order valence-electron chi connectivity index (χ0n) is 13.3. The third-order valence-electron chi connectivity index (χ3n) is 3.64. The quantitative estimate of drug-likeness (QED) is 0.620. The van der Waals surface area contributed by atoms with E-state index in [-0.39, 0.29) is 24.7 Å². The van der Waals surface area contributed by atoms with Crippen molar-refractivity contribution < 1.29 is 14.8 Å². The minimum Gasteiger partial charge on any atom is -0.395 e. The van der Waals surface area contributed by atoms with E-state index in [4.69, 9.17) is 0 Å². The average Bonchev–Trinajstić information content (AvgIpc) is 2.61. The van der Waals surface area contributed by atoms with Crippen LogP contribution in [0.5, 0.6) is 0 Å². The molecule has 1 N–H and O–H groups in total. The van der Waals surface area contributed by atoms with Gasteiger partial charge in [0.1, 0.15) is 0 Å². The summed E-state index contributed by atoms with van der Waals surface area (Å²) < 4.78 is 0. The Hall–Kier alpha value is -2.93. The van der Waals surface area contributed by atoms with Crippen molar-refractivity contribution in [3.63, 3.8) is 0 Å². The molecule has 7 nitrogen and oxygen atoms in total. The number of para-hydroxylation sites is 1. The van der Waals surface area contributed by atoms with Gasteiger partial charge in [-0.1, -0.05) is 18.2 Å². The smallest absolute Gasteiger partial charge is 0.269 e. The summed E-state index contributed by atoms with van der Waals surface area (Å²) in [6, 6.07) is 15.1.